The molecule has 148 valence electrons. The van der Waals surface area contributed by atoms with E-state index in [1.54, 1.807) is 0 Å². The Hall–Kier alpha value is -1.55. The molecule has 1 aromatic carbocycles. The van der Waals surface area contributed by atoms with Crippen LogP contribution in [0.25, 0.3) is 0 Å². The number of rotatable bonds is 4. The van der Waals surface area contributed by atoms with Gasteiger partial charge in [-0.2, -0.15) is 0 Å². The molecule has 4 rings (SSSR count). The van der Waals surface area contributed by atoms with E-state index in [0.717, 1.165) is 24.7 Å². The number of anilines is 1. The van der Waals surface area contributed by atoms with Crippen LogP contribution in [0.3, 0.4) is 0 Å². The van der Waals surface area contributed by atoms with Crippen molar-refractivity contribution < 1.29 is 4.79 Å². The minimum Gasteiger partial charge on any atom is -0.321 e. The molecule has 3 saturated heterocycles. The number of hydrogen-bond acceptors (Lipinski definition) is 2. The molecule has 4 atom stereocenters. The van der Waals surface area contributed by atoms with E-state index in [4.69, 9.17) is 0 Å². The van der Waals surface area contributed by atoms with Crippen LogP contribution in [0.2, 0.25) is 0 Å². The Morgan fingerprint density at radius 1 is 1.15 bits per heavy atom. The molecule has 0 radical (unpaired) electrons. The monoisotopic (exact) mass is 369 g/mol. The lowest BCUT2D eigenvalue weighted by molar-refractivity contribution is -0.0617. The number of piperidine rings is 3. The Balaban J connectivity index is 1.55. The quantitative estimate of drug-likeness (QED) is 0.820. The zero-order valence-electron chi connectivity index (χ0n) is 17.0. The number of aryl methyl sites for hydroxylation is 1. The van der Waals surface area contributed by atoms with Gasteiger partial charge in [0.1, 0.15) is 0 Å². The first-order chi connectivity index (χ1) is 13.2. The van der Waals surface area contributed by atoms with Crippen molar-refractivity contribution in [2.45, 2.75) is 70.9 Å². The summed E-state index contributed by atoms with van der Waals surface area (Å²) in [4.78, 5) is 18.2. The van der Waals surface area contributed by atoms with Crippen LogP contribution in [-0.4, -0.2) is 47.5 Å². The first-order valence-corrected chi connectivity index (χ1v) is 11.1. The molecule has 4 nitrogen and oxygen atoms in total. The highest BCUT2D eigenvalue weighted by Gasteiger charge is 2.49. The van der Waals surface area contributed by atoms with Crippen LogP contribution in [-0.2, 0) is 0 Å². The number of amides is 2. The van der Waals surface area contributed by atoms with E-state index in [1.165, 1.54) is 57.2 Å². The van der Waals surface area contributed by atoms with Gasteiger partial charge in [0, 0.05) is 24.3 Å². The van der Waals surface area contributed by atoms with Crippen LogP contribution < -0.4 is 5.32 Å². The van der Waals surface area contributed by atoms with Crippen molar-refractivity contribution >= 4 is 11.7 Å². The topological polar surface area (TPSA) is 35.6 Å². The Kier molecular flexibility index (Phi) is 5.72. The second-order valence-corrected chi connectivity index (χ2v) is 8.89. The fourth-order valence-electron chi connectivity index (χ4n) is 5.84. The zero-order valence-corrected chi connectivity index (χ0v) is 17.0. The van der Waals surface area contributed by atoms with Gasteiger partial charge < -0.3 is 10.2 Å². The van der Waals surface area contributed by atoms with Gasteiger partial charge >= 0.3 is 6.03 Å². The fourth-order valence-corrected chi connectivity index (χ4v) is 5.84. The van der Waals surface area contributed by atoms with E-state index >= 15 is 0 Å². The van der Waals surface area contributed by atoms with Crippen LogP contribution in [0.5, 0.6) is 0 Å². The van der Waals surface area contributed by atoms with E-state index in [1.807, 2.05) is 12.1 Å². The molecular weight excluding hydrogens is 334 g/mol. The number of carbonyl (C=O) groups excluding carboxylic acids is 1. The van der Waals surface area contributed by atoms with Crippen molar-refractivity contribution in [2.75, 3.05) is 25.0 Å². The molecule has 0 spiro atoms. The molecule has 3 heterocycles. The summed E-state index contributed by atoms with van der Waals surface area (Å²) in [5.74, 6) is 1.32. The van der Waals surface area contributed by atoms with Crippen molar-refractivity contribution in [3.05, 3.63) is 29.8 Å². The number of carbonyl (C=O) groups is 1. The van der Waals surface area contributed by atoms with Gasteiger partial charge in [-0.05, 0) is 76.1 Å². The first kappa shape index (κ1) is 18.8. The van der Waals surface area contributed by atoms with E-state index < -0.39 is 0 Å². The van der Waals surface area contributed by atoms with Crippen LogP contribution in [0.4, 0.5) is 10.5 Å². The second kappa shape index (κ2) is 8.22. The summed E-state index contributed by atoms with van der Waals surface area (Å²) in [5.41, 5.74) is 2.13. The first-order valence-electron chi connectivity index (χ1n) is 11.1. The van der Waals surface area contributed by atoms with E-state index in [2.05, 4.69) is 41.1 Å². The highest BCUT2D eigenvalue weighted by atomic mass is 16.2. The third-order valence-electron chi connectivity index (χ3n) is 7.09. The molecule has 0 unspecified atom stereocenters. The second-order valence-electron chi connectivity index (χ2n) is 8.89. The van der Waals surface area contributed by atoms with Gasteiger partial charge in [-0.25, -0.2) is 4.79 Å². The minimum atomic E-state index is 0.112. The maximum atomic E-state index is 13.3. The summed E-state index contributed by atoms with van der Waals surface area (Å²) < 4.78 is 0. The summed E-state index contributed by atoms with van der Waals surface area (Å²) in [6.07, 6.45) is 8.73. The van der Waals surface area contributed by atoms with Gasteiger partial charge in [0.2, 0.25) is 0 Å². The molecule has 2 amide bonds. The Bertz CT molecular complexity index is 642. The average molecular weight is 370 g/mol. The number of nitrogens with zero attached hydrogens (tertiary/aromatic N) is 2. The van der Waals surface area contributed by atoms with E-state index in [0.29, 0.717) is 17.9 Å². The normalized spacial score (nSPS) is 30.7. The number of unbranched alkanes of at least 4 members (excludes halogenated alkanes) is 1. The van der Waals surface area contributed by atoms with Crippen LogP contribution in [0, 0.1) is 18.8 Å². The molecule has 3 aliphatic rings. The third-order valence-corrected chi connectivity index (χ3v) is 7.09. The van der Waals surface area contributed by atoms with Gasteiger partial charge in [0.15, 0.2) is 0 Å². The van der Waals surface area contributed by atoms with Crippen LogP contribution in [0.15, 0.2) is 24.3 Å². The summed E-state index contributed by atoms with van der Waals surface area (Å²) >= 11 is 0. The molecule has 4 heteroatoms. The van der Waals surface area contributed by atoms with E-state index in [-0.39, 0.29) is 6.03 Å². The molecular formula is C23H35N3O. The lowest BCUT2D eigenvalue weighted by atomic mass is 9.69. The molecule has 3 aliphatic heterocycles. The Morgan fingerprint density at radius 3 is 2.63 bits per heavy atom. The average Bonchev–Trinajstić information content (AvgIpc) is 2.69. The molecule has 27 heavy (non-hydrogen) atoms. The van der Waals surface area contributed by atoms with Crippen LogP contribution >= 0.6 is 0 Å². The van der Waals surface area contributed by atoms with Crippen LogP contribution in [0.1, 0.15) is 57.4 Å². The van der Waals surface area contributed by atoms with E-state index in [9.17, 15) is 4.79 Å². The zero-order chi connectivity index (χ0) is 18.8. The number of nitrogens with one attached hydrogen (secondary N) is 1. The van der Waals surface area contributed by atoms with Crippen molar-refractivity contribution in [3.8, 4) is 0 Å². The van der Waals surface area contributed by atoms with Gasteiger partial charge in [-0.1, -0.05) is 37.5 Å². The molecule has 1 aromatic rings. The summed E-state index contributed by atoms with van der Waals surface area (Å²) in [6, 6.07) is 9.40. The number of urea groups is 1. The van der Waals surface area contributed by atoms with Crippen molar-refractivity contribution in [2.24, 2.45) is 11.8 Å². The predicted molar refractivity (Wildman–Crippen MR) is 111 cm³/mol. The Morgan fingerprint density at radius 2 is 1.89 bits per heavy atom. The largest absolute Gasteiger partial charge is 0.322 e. The van der Waals surface area contributed by atoms with Gasteiger partial charge in [-0.15, -0.1) is 0 Å². The number of hydrogen-bond donors (Lipinski definition) is 1. The van der Waals surface area contributed by atoms with Gasteiger partial charge in [0.05, 0.1) is 0 Å². The number of likely N-dealkylation sites (tertiary alicyclic amines) is 1. The molecule has 3 fully saturated rings. The highest BCUT2D eigenvalue weighted by molar-refractivity contribution is 5.89. The summed E-state index contributed by atoms with van der Waals surface area (Å²) in [5, 5.41) is 3.19. The molecule has 0 bridgehead atoms. The lowest BCUT2D eigenvalue weighted by Gasteiger charge is -2.57. The van der Waals surface area contributed by atoms with Gasteiger partial charge in [-0.3, -0.25) is 4.90 Å². The SMILES string of the molecule is CCCC[C@@H]1[C@H]2CCCN3CCC[C@@H](CN1C(=O)Nc1ccc(C)cc1)[C@@H]23. The molecule has 1 N–H and O–H groups in total. The summed E-state index contributed by atoms with van der Waals surface area (Å²) in [7, 11) is 0. The lowest BCUT2D eigenvalue weighted by Crippen LogP contribution is -2.66. The third kappa shape index (κ3) is 3.87. The predicted octanol–water partition coefficient (Wildman–Crippen LogP) is 4.89. The molecule has 0 aromatic heterocycles. The van der Waals surface area contributed by atoms with Crippen molar-refractivity contribution in [1.82, 2.24) is 9.80 Å². The number of benzene rings is 1. The fraction of sp³-hybridized carbons (Fsp3) is 0.696. The molecule has 0 saturated carbocycles. The van der Waals surface area contributed by atoms with Crippen molar-refractivity contribution in [1.29, 1.82) is 0 Å². The summed E-state index contributed by atoms with van der Waals surface area (Å²) in [6.45, 7) is 7.82. The Labute approximate surface area is 164 Å². The highest BCUT2D eigenvalue weighted by Crippen LogP contribution is 2.43. The minimum absolute atomic E-state index is 0.112. The maximum Gasteiger partial charge on any atom is 0.322 e. The van der Waals surface area contributed by atoms with Gasteiger partial charge in [0.25, 0.3) is 0 Å². The maximum absolute atomic E-state index is 13.3. The smallest absolute Gasteiger partial charge is 0.321 e. The standard InChI is InChI=1S/C23H35N3O/c1-3-4-9-21-20-8-6-15-25-14-5-7-18(22(20)25)16-26(21)23(27)24-19-12-10-17(2)11-13-19/h10-13,18,20-22H,3-9,14-16H2,1-2H3,(H,24,27)/t18-,20+,21+,22-/m0/s1. The van der Waals surface area contributed by atoms with Crippen molar-refractivity contribution in [3.63, 3.8) is 0 Å². The molecule has 0 aliphatic carbocycles.